The Labute approximate surface area is 176 Å². The van der Waals surface area contributed by atoms with Crippen LogP contribution in [0.5, 0.6) is 5.75 Å². The number of carbonyl (C=O) groups is 1. The van der Waals surface area contributed by atoms with Crippen LogP contribution in [0.1, 0.15) is 47.8 Å². The summed E-state index contributed by atoms with van der Waals surface area (Å²) in [4.78, 5) is 13.4. The summed E-state index contributed by atoms with van der Waals surface area (Å²) in [6.45, 7) is 5.10. The number of hydrogen-bond donors (Lipinski definition) is 1. The van der Waals surface area contributed by atoms with Gasteiger partial charge in [0.15, 0.2) is 0 Å². The van der Waals surface area contributed by atoms with E-state index in [-0.39, 0.29) is 18.4 Å². The lowest BCUT2D eigenvalue weighted by Gasteiger charge is -2.21. The summed E-state index contributed by atoms with van der Waals surface area (Å²) >= 11 is 1.79. The van der Waals surface area contributed by atoms with E-state index in [2.05, 4.69) is 22.8 Å². The number of halogens is 1. The van der Waals surface area contributed by atoms with Crippen molar-refractivity contribution in [2.45, 2.75) is 39.2 Å². The number of benzene rings is 1. The zero-order valence-electron chi connectivity index (χ0n) is 16.1. The summed E-state index contributed by atoms with van der Waals surface area (Å²) in [6, 6.07) is 8.28. The maximum absolute atomic E-state index is 12.1. The lowest BCUT2D eigenvalue weighted by molar-refractivity contribution is -0.142. The zero-order valence-corrected chi connectivity index (χ0v) is 17.7. The number of nitrogens with one attached hydrogen (secondary N) is 1. The molecule has 0 radical (unpaired) electrons. The molecule has 0 amide bonds. The maximum Gasteiger partial charge on any atom is 0.310 e. The number of hydrogen-bond acceptors (Lipinski definition) is 5. The maximum atomic E-state index is 12.1. The third-order valence-corrected chi connectivity index (χ3v) is 6.02. The first-order valence-corrected chi connectivity index (χ1v) is 10.6. The molecule has 150 valence electrons. The number of piperidine rings is 1. The Bertz CT molecular complexity index is 866. The van der Waals surface area contributed by atoms with Gasteiger partial charge in [0.25, 0.3) is 0 Å². The van der Waals surface area contributed by atoms with Crippen LogP contribution < -0.4 is 10.1 Å². The minimum absolute atomic E-state index is 0. The van der Waals surface area contributed by atoms with Gasteiger partial charge in [0.1, 0.15) is 12.4 Å². The minimum Gasteiger partial charge on any atom is -0.488 e. The molecule has 0 spiro atoms. The van der Waals surface area contributed by atoms with Crippen molar-refractivity contribution in [2.75, 3.05) is 19.7 Å². The highest BCUT2D eigenvalue weighted by atomic mass is 35.5. The van der Waals surface area contributed by atoms with Crippen molar-refractivity contribution in [2.24, 2.45) is 0 Å². The van der Waals surface area contributed by atoms with Gasteiger partial charge in [-0.2, -0.15) is 0 Å². The highest BCUT2D eigenvalue weighted by molar-refractivity contribution is 7.11. The quantitative estimate of drug-likeness (QED) is 0.727. The van der Waals surface area contributed by atoms with Crippen LogP contribution in [0.25, 0.3) is 5.57 Å². The fraction of sp³-hybridized carbons (Fsp3) is 0.409. The Balaban J connectivity index is 0.00000225. The van der Waals surface area contributed by atoms with Crippen LogP contribution in [-0.4, -0.2) is 25.7 Å². The van der Waals surface area contributed by atoms with Crippen molar-refractivity contribution in [1.82, 2.24) is 5.32 Å². The Kier molecular flexibility index (Phi) is 7.16. The van der Waals surface area contributed by atoms with Crippen molar-refractivity contribution < 1.29 is 14.3 Å². The van der Waals surface area contributed by atoms with Gasteiger partial charge in [0.2, 0.25) is 0 Å². The molecule has 3 heterocycles. The second-order valence-corrected chi connectivity index (χ2v) is 7.94. The normalized spacial score (nSPS) is 15.6. The van der Waals surface area contributed by atoms with Crippen LogP contribution in [0.2, 0.25) is 0 Å². The summed E-state index contributed by atoms with van der Waals surface area (Å²) in [5.74, 6) is 0.740. The highest BCUT2D eigenvalue weighted by Gasteiger charge is 2.25. The topological polar surface area (TPSA) is 47.6 Å². The van der Waals surface area contributed by atoms with E-state index in [1.807, 2.05) is 19.1 Å². The Morgan fingerprint density at radius 1 is 1.25 bits per heavy atom. The third-order valence-electron chi connectivity index (χ3n) is 5.05. The molecule has 6 heteroatoms. The molecule has 0 saturated carbocycles. The van der Waals surface area contributed by atoms with E-state index < -0.39 is 0 Å². The van der Waals surface area contributed by atoms with Crippen molar-refractivity contribution in [3.63, 3.8) is 0 Å². The first-order chi connectivity index (χ1) is 13.3. The van der Waals surface area contributed by atoms with Gasteiger partial charge in [0.05, 0.1) is 13.0 Å². The Hall–Kier alpha value is -1.82. The van der Waals surface area contributed by atoms with E-state index in [1.165, 1.54) is 21.6 Å². The summed E-state index contributed by atoms with van der Waals surface area (Å²) in [5.41, 5.74) is 6.15. The molecule has 1 aromatic carbocycles. The number of fused-ring (bicyclic) bond motifs is 2. The van der Waals surface area contributed by atoms with Crippen LogP contribution in [0.15, 0.2) is 35.2 Å². The van der Waals surface area contributed by atoms with Crippen molar-refractivity contribution in [3.8, 4) is 5.75 Å². The van der Waals surface area contributed by atoms with Crippen LogP contribution >= 0.6 is 23.7 Å². The second-order valence-electron chi connectivity index (χ2n) is 7.02. The molecular formula is C22H26ClNO3S. The molecule has 1 fully saturated rings. The van der Waals surface area contributed by atoms with E-state index in [1.54, 1.807) is 11.3 Å². The smallest absolute Gasteiger partial charge is 0.310 e. The molecule has 2 aliphatic rings. The molecule has 1 saturated heterocycles. The van der Waals surface area contributed by atoms with Crippen LogP contribution in [0.3, 0.4) is 0 Å². The molecule has 4 nitrogen and oxygen atoms in total. The number of rotatable bonds is 4. The molecule has 1 N–H and O–H groups in total. The Morgan fingerprint density at radius 3 is 2.86 bits per heavy atom. The predicted molar refractivity (Wildman–Crippen MR) is 115 cm³/mol. The number of ether oxygens (including phenoxy) is 2. The van der Waals surface area contributed by atoms with Crippen LogP contribution in [0.4, 0.5) is 0 Å². The number of thiophene rings is 1. The lowest BCUT2D eigenvalue weighted by atomic mass is 9.90. The van der Waals surface area contributed by atoms with Crippen molar-refractivity contribution >= 4 is 35.3 Å². The van der Waals surface area contributed by atoms with Gasteiger partial charge in [-0.1, -0.05) is 18.6 Å². The van der Waals surface area contributed by atoms with Crippen molar-refractivity contribution in [3.05, 3.63) is 56.8 Å². The molecule has 0 bridgehead atoms. The van der Waals surface area contributed by atoms with E-state index >= 15 is 0 Å². The molecule has 2 aliphatic heterocycles. The zero-order chi connectivity index (χ0) is 18.6. The van der Waals surface area contributed by atoms with Gasteiger partial charge in [-0.3, -0.25) is 4.79 Å². The second kappa shape index (κ2) is 9.59. The van der Waals surface area contributed by atoms with Crippen LogP contribution in [-0.2, 0) is 22.6 Å². The van der Waals surface area contributed by atoms with Gasteiger partial charge in [-0.05, 0) is 61.5 Å². The minimum atomic E-state index is -0.167. The summed E-state index contributed by atoms with van der Waals surface area (Å²) in [7, 11) is 0. The molecule has 0 aliphatic carbocycles. The SMILES string of the molecule is CCCOC(=O)Cc1ccc2c(c1)C(=C1CCNCC1)c1sccc1CO2.Cl. The monoisotopic (exact) mass is 419 g/mol. The highest BCUT2D eigenvalue weighted by Crippen LogP contribution is 2.43. The fourth-order valence-electron chi connectivity index (χ4n) is 3.72. The van der Waals surface area contributed by atoms with E-state index in [0.29, 0.717) is 19.6 Å². The predicted octanol–water partition coefficient (Wildman–Crippen LogP) is 4.74. The molecule has 4 rings (SSSR count). The average Bonchev–Trinajstić information content (AvgIpc) is 3.09. The lowest BCUT2D eigenvalue weighted by Crippen LogP contribution is -2.23. The standard InChI is InChI=1S/C22H25NO3S.ClH/c1-2-10-25-20(24)13-15-3-4-19-18(12-15)21(16-5-8-23-9-6-16)22-17(14-26-19)7-11-27-22;/h3-4,7,11-12,23H,2,5-6,8-10,13-14H2,1H3;1H. The van der Waals surface area contributed by atoms with Gasteiger partial charge in [-0.15, -0.1) is 23.7 Å². The fourth-order valence-corrected chi connectivity index (χ4v) is 4.74. The van der Waals surface area contributed by atoms with E-state index in [9.17, 15) is 4.79 Å². The largest absolute Gasteiger partial charge is 0.488 e. The molecule has 0 atom stereocenters. The molecule has 28 heavy (non-hydrogen) atoms. The van der Waals surface area contributed by atoms with Gasteiger partial charge < -0.3 is 14.8 Å². The number of carbonyl (C=O) groups excluding carboxylic acids is 1. The van der Waals surface area contributed by atoms with E-state index in [0.717, 1.165) is 49.2 Å². The van der Waals surface area contributed by atoms with Crippen molar-refractivity contribution in [1.29, 1.82) is 0 Å². The first-order valence-electron chi connectivity index (χ1n) is 9.67. The van der Waals surface area contributed by atoms with Gasteiger partial charge >= 0.3 is 5.97 Å². The summed E-state index contributed by atoms with van der Waals surface area (Å²) < 4.78 is 11.4. The molecule has 1 aromatic heterocycles. The summed E-state index contributed by atoms with van der Waals surface area (Å²) in [5, 5.41) is 5.59. The molecule has 2 aromatic rings. The molecule has 0 unspecified atom stereocenters. The van der Waals surface area contributed by atoms with Crippen LogP contribution in [0, 0.1) is 0 Å². The van der Waals surface area contributed by atoms with Gasteiger partial charge in [-0.25, -0.2) is 0 Å². The summed E-state index contributed by atoms with van der Waals surface area (Å²) in [6.07, 6.45) is 3.24. The van der Waals surface area contributed by atoms with Gasteiger partial charge in [0, 0.05) is 21.6 Å². The van der Waals surface area contributed by atoms with E-state index in [4.69, 9.17) is 9.47 Å². The average molecular weight is 420 g/mol. The third kappa shape index (κ3) is 4.43. The Morgan fingerprint density at radius 2 is 2.07 bits per heavy atom. The molecular weight excluding hydrogens is 394 g/mol. The number of esters is 1. The first kappa shape index (κ1) is 20.9.